The number of aromatic nitrogens is 2. The lowest BCUT2D eigenvalue weighted by Gasteiger charge is -2.14. The molecule has 0 spiro atoms. The number of hydrogen-bond acceptors (Lipinski definition) is 3. The molecule has 118 valence electrons. The average Bonchev–Trinajstić information content (AvgIpc) is 3.02. The van der Waals surface area contributed by atoms with Crippen LogP contribution in [0.15, 0.2) is 18.2 Å². The second-order valence-electron chi connectivity index (χ2n) is 5.88. The first kappa shape index (κ1) is 15.5. The first-order valence-corrected chi connectivity index (χ1v) is 8.14. The van der Waals surface area contributed by atoms with Crippen LogP contribution >= 0.6 is 11.6 Å². The van der Waals surface area contributed by atoms with Crippen LogP contribution in [0.5, 0.6) is 0 Å². The van der Waals surface area contributed by atoms with Crippen molar-refractivity contribution >= 4 is 11.6 Å². The molecule has 22 heavy (non-hydrogen) atoms. The summed E-state index contributed by atoms with van der Waals surface area (Å²) in [7, 11) is 0. The van der Waals surface area contributed by atoms with E-state index in [1.165, 1.54) is 16.7 Å². The van der Waals surface area contributed by atoms with Crippen molar-refractivity contribution in [2.75, 3.05) is 6.61 Å². The monoisotopic (exact) mass is 319 g/mol. The molecule has 1 unspecified atom stereocenters. The van der Waals surface area contributed by atoms with Gasteiger partial charge >= 0.3 is 0 Å². The van der Waals surface area contributed by atoms with E-state index in [9.17, 15) is 0 Å². The van der Waals surface area contributed by atoms with E-state index in [4.69, 9.17) is 16.7 Å². The van der Waals surface area contributed by atoms with E-state index in [1.807, 2.05) is 23.7 Å². The number of rotatable bonds is 5. The van der Waals surface area contributed by atoms with Crippen molar-refractivity contribution in [1.29, 1.82) is 0 Å². The summed E-state index contributed by atoms with van der Waals surface area (Å²) in [6.45, 7) is 5.54. The fraction of sp³-hybridized carbons (Fsp3) is 0.471. The van der Waals surface area contributed by atoms with Crippen LogP contribution in [0.25, 0.3) is 0 Å². The number of nitrogens with one attached hydrogen (secondary N) is 1. The smallest absolute Gasteiger partial charge is 0.0644 e. The maximum atomic E-state index is 9.09. The van der Waals surface area contributed by atoms with E-state index in [0.717, 1.165) is 35.8 Å². The van der Waals surface area contributed by atoms with Gasteiger partial charge in [0.05, 0.1) is 18.8 Å². The van der Waals surface area contributed by atoms with Gasteiger partial charge in [0.15, 0.2) is 0 Å². The highest BCUT2D eigenvalue weighted by atomic mass is 35.5. The number of fused-ring (bicyclic) bond motifs is 1. The summed E-state index contributed by atoms with van der Waals surface area (Å²) in [5.74, 6) is 0. The Bertz CT molecular complexity index is 681. The molecule has 1 aromatic carbocycles. The number of nitrogens with zero attached hydrogens (tertiary/aromatic N) is 2. The Morgan fingerprint density at radius 2 is 2.23 bits per heavy atom. The van der Waals surface area contributed by atoms with Gasteiger partial charge < -0.3 is 10.4 Å². The van der Waals surface area contributed by atoms with Gasteiger partial charge in [0.1, 0.15) is 0 Å². The van der Waals surface area contributed by atoms with Gasteiger partial charge in [-0.3, -0.25) is 4.68 Å². The Morgan fingerprint density at radius 1 is 1.41 bits per heavy atom. The third kappa shape index (κ3) is 2.78. The van der Waals surface area contributed by atoms with Gasteiger partial charge in [-0.1, -0.05) is 23.7 Å². The topological polar surface area (TPSA) is 50.1 Å². The van der Waals surface area contributed by atoms with Crippen LogP contribution in [0.3, 0.4) is 0 Å². The second-order valence-corrected chi connectivity index (χ2v) is 6.28. The zero-order chi connectivity index (χ0) is 15.7. The molecule has 4 nitrogen and oxygen atoms in total. The molecule has 0 amide bonds. The molecule has 1 aliphatic rings. The zero-order valence-electron chi connectivity index (χ0n) is 13.1. The van der Waals surface area contributed by atoms with Crippen molar-refractivity contribution in [3.63, 3.8) is 0 Å². The molecule has 1 heterocycles. The van der Waals surface area contributed by atoms with Crippen molar-refractivity contribution < 1.29 is 5.11 Å². The fourth-order valence-electron chi connectivity index (χ4n) is 3.35. The molecule has 0 bridgehead atoms. The Kier molecular flexibility index (Phi) is 4.52. The third-order valence-corrected chi connectivity index (χ3v) is 4.94. The van der Waals surface area contributed by atoms with Gasteiger partial charge in [-0.2, -0.15) is 5.10 Å². The van der Waals surface area contributed by atoms with Gasteiger partial charge in [0.2, 0.25) is 0 Å². The van der Waals surface area contributed by atoms with Crippen LogP contribution in [0.4, 0.5) is 0 Å². The molecule has 3 rings (SSSR count). The molecule has 2 aromatic rings. The van der Waals surface area contributed by atoms with E-state index in [1.54, 1.807) is 0 Å². The molecular weight excluding hydrogens is 298 g/mol. The van der Waals surface area contributed by atoms with Crippen molar-refractivity contribution in [3.05, 3.63) is 51.3 Å². The summed E-state index contributed by atoms with van der Waals surface area (Å²) in [6.07, 6.45) is 2.12. The van der Waals surface area contributed by atoms with E-state index in [0.29, 0.717) is 12.6 Å². The lowest BCUT2D eigenvalue weighted by Crippen LogP contribution is -2.19. The minimum atomic E-state index is 0.114. The molecule has 1 aliphatic carbocycles. The summed E-state index contributed by atoms with van der Waals surface area (Å²) in [5, 5.41) is 18.1. The molecule has 1 atom stereocenters. The maximum absolute atomic E-state index is 9.09. The summed E-state index contributed by atoms with van der Waals surface area (Å²) in [5.41, 5.74) is 5.99. The SMILES string of the molecule is Cc1nn(CCO)c(C)c1CNC1CCc2c(Cl)cccc21. The zero-order valence-corrected chi connectivity index (χ0v) is 13.8. The molecule has 1 aromatic heterocycles. The Hall–Kier alpha value is -1.36. The van der Waals surface area contributed by atoms with Crippen molar-refractivity contribution in [3.8, 4) is 0 Å². The second kappa shape index (κ2) is 6.41. The predicted molar refractivity (Wildman–Crippen MR) is 88.1 cm³/mol. The van der Waals surface area contributed by atoms with E-state index in [2.05, 4.69) is 23.4 Å². The van der Waals surface area contributed by atoms with Gasteiger partial charge in [0, 0.05) is 28.9 Å². The number of aliphatic hydroxyl groups excluding tert-OH is 1. The minimum Gasteiger partial charge on any atom is -0.394 e. The molecule has 2 N–H and O–H groups in total. The largest absolute Gasteiger partial charge is 0.394 e. The Labute approximate surface area is 136 Å². The molecule has 0 fully saturated rings. The van der Waals surface area contributed by atoms with Gasteiger partial charge in [0.25, 0.3) is 0 Å². The fourth-order valence-corrected chi connectivity index (χ4v) is 3.63. The third-order valence-electron chi connectivity index (χ3n) is 4.58. The summed E-state index contributed by atoms with van der Waals surface area (Å²) in [6, 6.07) is 6.52. The number of hydrogen-bond donors (Lipinski definition) is 2. The van der Waals surface area contributed by atoms with Crippen molar-refractivity contribution in [2.24, 2.45) is 0 Å². The van der Waals surface area contributed by atoms with Crippen molar-refractivity contribution in [2.45, 2.75) is 45.8 Å². The number of aliphatic hydroxyl groups is 1. The first-order valence-electron chi connectivity index (χ1n) is 7.76. The minimum absolute atomic E-state index is 0.114. The van der Waals surface area contributed by atoms with E-state index in [-0.39, 0.29) is 6.61 Å². The van der Waals surface area contributed by atoms with E-state index >= 15 is 0 Å². The Balaban J connectivity index is 1.74. The lowest BCUT2D eigenvalue weighted by molar-refractivity contribution is 0.267. The van der Waals surface area contributed by atoms with E-state index < -0.39 is 0 Å². The highest BCUT2D eigenvalue weighted by molar-refractivity contribution is 6.31. The maximum Gasteiger partial charge on any atom is 0.0644 e. The molecular formula is C17H22ClN3O. The molecule has 0 aliphatic heterocycles. The molecule has 0 saturated carbocycles. The molecule has 5 heteroatoms. The average molecular weight is 320 g/mol. The van der Waals surface area contributed by atoms with Crippen LogP contribution in [-0.2, 0) is 19.5 Å². The van der Waals surface area contributed by atoms with Crippen LogP contribution in [0, 0.1) is 13.8 Å². The lowest BCUT2D eigenvalue weighted by atomic mass is 10.1. The van der Waals surface area contributed by atoms with Crippen LogP contribution < -0.4 is 5.32 Å². The van der Waals surface area contributed by atoms with Gasteiger partial charge in [-0.05, 0) is 43.9 Å². The summed E-state index contributed by atoms with van der Waals surface area (Å²) in [4.78, 5) is 0. The quantitative estimate of drug-likeness (QED) is 0.891. The number of benzene rings is 1. The Morgan fingerprint density at radius 3 is 3.00 bits per heavy atom. The van der Waals surface area contributed by atoms with Crippen LogP contribution in [-0.4, -0.2) is 21.5 Å². The predicted octanol–water partition coefficient (Wildman–Crippen LogP) is 2.92. The summed E-state index contributed by atoms with van der Waals surface area (Å²) < 4.78 is 1.88. The van der Waals surface area contributed by atoms with Crippen molar-refractivity contribution in [1.82, 2.24) is 15.1 Å². The van der Waals surface area contributed by atoms with Gasteiger partial charge in [-0.25, -0.2) is 0 Å². The normalized spacial score (nSPS) is 17.0. The molecule has 0 radical (unpaired) electrons. The first-order chi connectivity index (χ1) is 10.6. The number of halogens is 1. The highest BCUT2D eigenvalue weighted by Crippen LogP contribution is 2.35. The number of aryl methyl sites for hydroxylation is 1. The van der Waals surface area contributed by atoms with Crippen LogP contribution in [0.2, 0.25) is 5.02 Å². The standard InChI is InChI=1S/C17H22ClN3O/c1-11-15(12(2)21(20-11)8-9-22)10-19-17-7-6-13-14(17)4-3-5-16(13)18/h3-5,17,19,22H,6-10H2,1-2H3. The highest BCUT2D eigenvalue weighted by Gasteiger charge is 2.24. The van der Waals surface area contributed by atoms with Gasteiger partial charge in [-0.15, -0.1) is 0 Å². The van der Waals surface area contributed by atoms with Crippen LogP contribution in [0.1, 0.15) is 40.5 Å². The summed E-state index contributed by atoms with van der Waals surface area (Å²) >= 11 is 6.28. The molecule has 0 saturated heterocycles.